The number of nitrogens with zero attached hydrogens (tertiary/aromatic N) is 2. The van der Waals surface area contributed by atoms with Crippen molar-refractivity contribution in [2.45, 2.75) is 19.4 Å². The maximum absolute atomic E-state index is 9.91. The van der Waals surface area contributed by atoms with Gasteiger partial charge in [-0.05, 0) is 24.6 Å². The Bertz CT molecular complexity index is 427. The van der Waals surface area contributed by atoms with Crippen molar-refractivity contribution in [3.63, 3.8) is 0 Å². The van der Waals surface area contributed by atoms with Crippen molar-refractivity contribution in [1.82, 2.24) is 9.97 Å². The molecule has 0 aliphatic carbocycles. The number of pyridine rings is 1. The third-order valence-electron chi connectivity index (χ3n) is 2.10. The van der Waals surface area contributed by atoms with E-state index in [2.05, 4.69) is 9.97 Å². The highest BCUT2D eigenvalue weighted by Gasteiger charge is 2.11. The van der Waals surface area contributed by atoms with Crippen LogP contribution in [0.3, 0.4) is 0 Å². The Morgan fingerprint density at radius 1 is 1.40 bits per heavy atom. The lowest BCUT2D eigenvalue weighted by Crippen LogP contribution is -2.01. The van der Waals surface area contributed by atoms with E-state index in [4.69, 9.17) is 0 Å². The fourth-order valence-electron chi connectivity index (χ4n) is 1.35. The normalized spacial score (nSPS) is 12.7. The Kier molecular flexibility index (Phi) is 3.08. The summed E-state index contributed by atoms with van der Waals surface area (Å²) in [6, 6.07) is 3.81. The fraction of sp³-hybridized carbons (Fsp3) is 0.273. The number of aromatic nitrogens is 2. The molecule has 3 nitrogen and oxygen atoms in total. The van der Waals surface area contributed by atoms with Crippen LogP contribution < -0.4 is 0 Å². The molecule has 0 saturated heterocycles. The van der Waals surface area contributed by atoms with Crippen molar-refractivity contribution in [1.29, 1.82) is 0 Å². The van der Waals surface area contributed by atoms with E-state index >= 15 is 0 Å². The number of hydrogen-bond donors (Lipinski definition) is 1. The van der Waals surface area contributed by atoms with Crippen molar-refractivity contribution in [2.24, 2.45) is 0 Å². The van der Waals surface area contributed by atoms with Gasteiger partial charge < -0.3 is 5.11 Å². The zero-order chi connectivity index (χ0) is 10.7. The van der Waals surface area contributed by atoms with Crippen molar-refractivity contribution in [3.05, 3.63) is 46.2 Å². The molecule has 0 saturated carbocycles. The smallest absolute Gasteiger partial charge is 0.122 e. The van der Waals surface area contributed by atoms with E-state index in [-0.39, 0.29) is 0 Å². The van der Waals surface area contributed by atoms with Crippen LogP contribution >= 0.6 is 11.3 Å². The van der Waals surface area contributed by atoms with E-state index in [1.807, 2.05) is 24.4 Å². The first-order chi connectivity index (χ1) is 7.25. The molecule has 1 N–H and O–H groups in total. The minimum Gasteiger partial charge on any atom is -0.386 e. The summed E-state index contributed by atoms with van der Waals surface area (Å²) >= 11 is 1.50. The first-order valence-electron chi connectivity index (χ1n) is 4.74. The maximum atomic E-state index is 9.91. The van der Waals surface area contributed by atoms with Gasteiger partial charge in [-0.1, -0.05) is 0 Å². The predicted octanol–water partition coefficient (Wildman–Crippen LogP) is 2.12. The van der Waals surface area contributed by atoms with Gasteiger partial charge in [0.05, 0.1) is 0 Å². The van der Waals surface area contributed by atoms with Crippen molar-refractivity contribution in [2.75, 3.05) is 0 Å². The Hall–Kier alpha value is -1.26. The van der Waals surface area contributed by atoms with Gasteiger partial charge in [-0.3, -0.25) is 4.98 Å². The molecule has 2 heterocycles. The molecule has 1 atom stereocenters. The zero-order valence-corrected chi connectivity index (χ0v) is 9.24. The van der Waals surface area contributed by atoms with Crippen LogP contribution in [0.1, 0.15) is 22.4 Å². The summed E-state index contributed by atoms with van der Waals surface area (Å²) in [5.41, 5.74) is 2.04. The summed E-state index contributed by atoms with van der Waals surface area (Å²) in [4.78, 5) is 8.19. The highest BCUT2D eigenvalue weighted by atomic mass is 32.1. The topological polar surface area (TPSA) is 46.0 Å². The van der Waals surface area contributed by atoms with E-state index in [0.29, 0.717) is 6.42 Å². The minimum absolute atomic E-state index is 0.508. The van der Waals surface area contributed by atoms with Gasteiger partial charge in [0.1, 0.15) is 11.1 Å². The molecule has 0 aliphatic heterocycles. The molecule has 2 rings (SSSR count). The molecule has 78 valence electrons. The summed E-state index contributed by atoms with van der Waals surface area (Å²) < 4.78 is 0. The van der Waals surface area contributed by atoms with E-state index in [1.165, 1.54) is 11.3 Å². The van der Waals surface area contributed by atoms with Gasteiger partial charge in [-0.15, -0.1) is 11.3 Å². The van der Waals surface area contributed by atoms with Crippen molar-refractivity contribution < 1.29 is 5.11 Å². The first kappa shape index (κ1) is 10.3. The number of hydrogen-bond acceptors (Lipinski definition) is 4. The van der Waals surface area contributed by atoms with Crippen LogP contribution in [0.5, 0.6) is 0 Å². The molecule has 1 unspecified atom stereocenters. The molecule has 0 aliphatic rings. The quantitative estimate of drug-likeness (QED) is 0.861. The van der Waals surface area contributed by atoms with E-state index < -0.39 is 6.10 Å². The maximum Gasteiger partial charge on any atom is 0.122 e. The number of rotatable bonds is 3. The molecule has 0 aromatic carbocycles. The average Bonchev–Trinajstić information content (AvgIpc) is 2.66. The second-order valence-corrected chi connectivity index (χ2v) is 4.29. The summed E-state index contributed by atoms with van der Waals surface area (Å²) in [6.45, 7) is 1.93. The molecule has 0 bridgehead atoms. The van der Waals surface area contributed by atoms with Crippen LogP contribution in [0.2, 0.25) is 0 Å². The third kappa shape index (κ3) is 2.61. The van der Waals surface area contributed by atoms with Gasteiger partial charge in [-0.2, -0.15) is 0 Å². The number of aliphatic hydroxyl groups excluding tert-OH is 1. The highest BCUT2D eigenvalue weighted by Crippen LogP contribution is 2.21. The van der Waals surface area contributed by atoms with Crippen molar-refractivity contribution >= 4 is 11.3 Å². The first-order valence-corrected chi connectivity index (χ1v) is 5.62. The monoisotopic (exact) mass is 220 g/mol. The van der Waals surface area contributed by atoms with Gasteiger partial charge in [0.15, 0.2) is 0 Å². The van der Waals surface area contributed by atoms with Crippen molar-refractivity contribution in [3.8, 4) is 0 Å². The Morgan fingerprint density at radius 2 is 2.13 bits per heavy atom. The average molecular weight is 220 g/mol. The lowest BCUT2D eigenvalue weighted by molar-refractivity contribution is 0.178. The molecule has 2 aromatic rings. The molecule has 15 heavy (non-hydrogen) atoms. The third-order valence-corrected chi connectivity index (χ3v) is 3.16. The van der Waals surface area contributed by atoms with Crippen LogP contribution in [-0.2, 0) is 6.42 Å². The lowest BCUT2D eigenvalue weighted by Gasteiger charge is -2.06. The second-order valence-electron chi connectivity index (χ2n) is 3.40. The van der Waals surface area contributed by atoms with Gasteiger partial charge in [-0.25, -0.2) is 4.98 Å². The molecular formula is C11H12N2OS. The van der Waals surface area contributed by atoms with Gasteiger partial charge in [0.25, 0.3) is 0 Å². The molecule has 4 heteroatoms. The van der Waals surface area contributed by atoms with Gasteiger partial charge in [0.2, 0.25) is 0 Å². The largest absolute Gasteiger partial charge is 0.386 e. The summed E-state index contributed by atoms with van der Waals surface area (Å²) in [7, 11) is 0. The minimum atomic E-state index is -0.508. The lowest BCUT2D eigenvalue weighted by atomic mass is 10.1. The zero-order valence-electron chi connectivity index (χ0n) is 8.42. The molecule has 0 radical (unpaired) electrons. The molecule has 0 fully saturated rings. The van der Waals surface area contributed by atoms with Gasteiger partial charge >= 0.3 is 0 Å². The summed E-state index contributed by atoms with van der Waals surface area (Å²) in [5, 5.41) is 12.6. The van der Waals surface area contributed by atoms with Crippen LogP contribution in [-0.4, -0.2) is 15.1 Å². The highest BCUT2D eigenvalue weighted by molar-refractivity contribution is 7.09. The van der Waals surface area contributed by atoms with Crippen LogP contribution in [0.4, 0.5) is 0 Å². The Morgan fingerprint density at radius 3 is 2.73 bits per heavy atom. The van der Waals surface area contributed by atoms with Crippen LogP contribution in [0.15, 0.2) is 29.9 Å². The molecule has 0 amide bonds. The SMILES string of the molecule is Cc1csc(C(O)Cc2ccncc2)n1. The van der Waals surface area contributed by atoms with Gasteiger partial charge in [0, 0.05) is 29.9 Å². The van der Waals surface area contributed by atoms with E-state index in [0.717, 1.165) is 16.3 Å². The molecule has 2 aromatic heterocycles. The number of thiazole rings is 1. The number of aryl methyl sites for hydroxylation is 1. The molecular weight excluding hydrogens is 208 g/mol. The summed E-state index contributed by atoms with van der Waals surface area (Å²) in [6.07, 6.45) is 3.55. The number of aliphatic hydroxyl groups is 1. The second kappa shape index (κ2) is 4.51. The van der Waals surface area contributed by atoms with E-state index in [1.54, 1.807) is 12.4 Å². The van der Waals surface area contributed by atoms with Crippen LogP contribution in [0.25, 0.3) is 0 Å². The fourth-order valence-corrected chi connectivity index (χ4v) is 2.14. The Balaban J connectivity index is 2.07. The van der Waals surface area contributed by atoms with E-state index in [9.17, 15) is 5.11 Å². The van der Waals surface area contributed by atoms with Crippen LogP contribution in [0, 0.1) is 6.92 Å². The molecule has 0 spiro atoms. The summed E-state index contributed by atoms with van der Waals surface area (Å²) in [5.74, 6) is 0. The predicted molar refractivity (Wildman–Crippen MR) is 59.8 cm³/mol. The Labute approximate surface area is 92.5 Å². The standard InChI is InChI=1S/C11H12N2OS/c1-8-7-15-11(13-8)10(14)6-9-2-4-12-5-3-9/h2-5,7,10,14H,6H2,1H3.